The van der Waals surface area contributed by atoms with Crippen molar-refractivity contribution in [2.24, 2.45) is 0 Å². The average Bonchev–Trinajstić information content (AvgIpc) is 2.94. The quantitative estimate of drug-likeness (QED) is 0.910. The summed E-state index contributed by atoms with van der Waals surface area (Å²) in [4.78, 5) is 11.5. The summed E-state index contributed by atoms with van der Waals surface area (Å²) in [7, 11) is 0. The number of carboxylic acids is 1. The minimum absolute atomic E-state index is 0.0237. The molecular formula is C17H16ClNO2. The summed E-state index contributed by atoms with van der Waals surface area (Å²) in [5.74, 6) is -0.829. The number of hydrogen-bond acceptors (Lipinski definition) is 2. The lowest BCUT2D eigenvalue weighted by Crippen LogP contribution is -2.35. The summed E-state index contributed by atoms with van der Waals surface area (Å²) in [6.07, 6.45) is 0.766. The van der Waals surface area contributed by atoms with Crippen molar-refractivity contribution in [3.63, 3.8) is 0 Å². The number of carboxylic acid groups (broad SMARTS) is 1. The summed E-state index contributed by atoms with van der Waals surface area (Å²) < 4.78 is 0. The number of hydrogen-bond donors (Lipinski definition) is 2. The maximum Gasteiger partial charge on any atom is 0.321 e. The molecule has 21 heavy (non-hydrogen) atoms. The Morgan fingerprint density at radius 1 is 1.05 bits per heavy atom. The normalized spacial score (nSPS) is 24.9. The Labute approximate surface area is 128 Å². The summed E-state index contributed by atoms with van der Waals surface area (Å²) in [5, 5.41) is 13.4. The molecule has 0 saturated carbocycles. The van der Waals surface area contributed by atoms with Gasteiger partial charge in [-0.1, -0.05) is 54.1 Å². The lowest BCUT2D eigenvalue weighted by atomic mass is 9.89. The fourth-order valence-electron chi connectivity index (χ4n) is 2.99. The highest BCUT2D eigenvalue weighted by Gasteiger charge is 2.39. The lowest BCUT2D eigenvalue weighted by molar-refractivity contribution is -0.139. The number of halogens is 1. The van der Waals surface area contributed by atoms with Gasteiger partial charge in [-0.05, 0) is 29.7 Å². The maximum absolute atomic E-state index is 11.5. The Hall–Kier alpha value is -1.84. The number of rotatable bonds is 3. The second-order valence-corrected chi connectivity index (χ2v) is 5.78. The lowest BCUT2D eigenvalue weighted by Gasteiger charge is -2.15. The Kier molecular flexibility index (Phi) is 3.95. The van der Waals surface area contributed by atoms with Gasteiger partial charge in [-0.25, -0.2) is 0 Å². The first-order chi connectivity index (χ1) is 10.1. The number of benzene rings is 2. The molecule has 2 N–H and O–H groups in total. The third-order valence-corrected chi connectivity index (χ3v) is 4.29. The molecule has 3 unspecified atom stereocenters. The molecule has 3 nitrogen and oxygen atoms in total. The van der Waals surface area contributed by atoms with Crippen molar-refractivity contribution >= 4 is 17.6 Å². The van der Waals surface area contributed by atoms with Crippen LogP contribution in [0.5, 0.6) is 0 Å². The van der Waals surface area contributed by atoms with Crippen LogP contribution in [0.4, 0.5) is 0 Å². The van der Waals surface area contributed by atoms with Gasteiger partial charge in [-0.2, -0.15) is 0 Å². The van der Waals surface area contributed by atoms with Crippen LogP contribution in [0.2, 0.25) is 5.02 Å². The highest BCUT2D eigenvalue weighted by molar-refractivity contribution is 6.30. The van der Waals surface area contributed by atoms with Crippen molar-refractivity contribution in [1.82, 2.24) is 5.32 Å². The topological polar surface area (TPSA) is 49.3 Å². The molecule has 4 heteroatoms. The van der Waals surface area contributed by atoms with Gasteiger partial charge in [-0.15, -0.1) is 0 Å². The van der Waals surface area contributed by atoms with Crippen LogP contribution < -0.4 is 5.32 Å². The molecule has 2 aromatic carbocycles. The van der Waals surface area contributed by atoms with E-state index in [2.05, 4.69) is 5.32 Å². The fraction of sp³-hybridized carbons (Fsp3) is 0.235. The van der Waals surface area contributed by atoms with Crippen molar-refractivity contribution in [3.8, 4) is 0 Å². The predicted molar refractivity (Wildman–Crippen MR) is 82.6 cm³/mol. The van der Waals surface area contributed by atoms with Crippen LogP contribution in [0.1, 0.15) is 29.5 Å². The monoisotopic (exact) mass is 301 g/mol. The summed E-state index contributed by atoms with van der Waals surface area (Å²) in [6, 6.07) is 16.9. The molecule has 1 aliphatic rings. The number of nitrogens with one attached hydrogen (secondary N) is 1. The average molecular weight is 302 g/mol. The molecule has 3 atom stereocenters. The molecule has 1 aliphatic heterocycles. The first-order valence-electron chi connectivity index (χ1n) is 6.94. The van der Waals surface area contributed by atoms with Gasteiger partial charge in [-0.3, -0.25) is 10.1 Å². The summed E-state index contributed by atoms with van der Waals surface area (Å²) in [6.45, 7) is 0. The molecule has 3 rings (SSSR count). The van der Waals surface area contributed by atoms with E-state index < -0.39 is 12.0 Å². The molecule has 0 bridgehead atoms. The van der Waals surface area contributed by atoms with Crippen molar-refractivity contribution in [2.75, 3.05) is 0 Å². The van der Waals surface area contributed by atoms with Crippen molar-refractivity contribution in [1.29, 1.82) is 0 Å². The molecule has 0 aliphatic carbocycles. The highest BCUT2D eigenvalue weighted by atomic mass is 35.5. The first kappa shape index (κ1) is 14.1. The molecule has 2 aromatic rings. The molecular weight excluding hydrogens is 286 g/mol. The Balaban J connectivity index is 1.88. The first-order valence-corrected chi connectivity index (χ1v) is 7.32. The smallest absolute Gasteiger partial charge is 0.321 e. The van der Waals surface area contributed by atoms with Crippen LogP contribution >= 0.6 is 11.6 Å². The van der Waals surface area contributed by atoms with Gasteiger partial charge >= 0.3 is 5.97 Å². The minimum Gasteiger partial charge on any atom is -0.480 e. The van der Waals surface area contributed by atoms with Crippen LogP contribution in [-0.4, -0.2) is 17.1 Å². The second kappa shape index (κ2) is 5.88. The van der Waals surface area contributed by atoms with E-state index in [0.717, 1.165) is 17.5 Å². The third-order valence-electron chi connectivity index (χ3n) is 4.04. The summed E-state index contributed by atoms with van der Waals surface area (Å²) >= 11 is 5.91. The number of aliphatic carboxylic acids is 1. The van der Waals surface area contributed by atoms with Crippen molar-refractivity contribution in [3.05, 3.63) is 70.7 Å². The van der Waals surface area contributed by atoms with Gasteiger partial charge in [0, 0.05) is 17.0 Å². The van der Waals surface area contributed by atoms with Gasteiger partial charge in [0.15, 0.2) is 0 Å². The molecule has 0 aromatic heterocycles. The van der Waals surface area contributed by atoms with E-state index in [1.165, 1.54) is 0 Å². The maximum atomic E-state index is 11.5. The van der Waals surface area contributed by atoms with Gasteiger partial charge in [0.05, 0.1) is 0 Å². The SMILES string of the molecule is O=C(O)C1NC(c2ccc(Cl)cc2)CC1c1ccccc1. The Bertz CT molecular complexity index is 627. The number of carbonyl (C=O) groups is 1. The van der Waals surface area contributed by atoms with Crippen molar-refractivity contribution < 1.29 is 9.90 Å². The molecule has 0 amide bonds. The largest absolute Gasteiger partial charge is 0.480 e. The highest BCUT2D eigenvalue weighted by Crippen LogP contribution is 2.38. The van der Waals surface area contributed by atoms with Crippen LogP contribution in [0.25, 0.3) is 0 Å². The van der Waals surface area contributed by atoms with E-state index >= 15 is 0 Å². The van der Waals surface area contributed by atoms with E-state index in [9.17, 15) is 9.90 Å². The van der Waals surface area contributed by atoms with Crippen molar-refractivity contribution in [2.45, 2.75) is 24.4 Å². The van der Waals surface area contributed by atoms with Crippen LogP contribution in [-0.2, 0) is 4.79 Å². The van der Waals surface area contributed by atoms with Crippen LogP contribution in [0.15, 0.2) is 54.6 Å². The van der Waals surface area contributed by atoms with E-state index in [4.69, 9.17) is 11.6 Å². The zero-order chi connectivity index (χ0) is 14.8. The standard InChI is InChI=1S/C17H16ClNO2/c18-13-8-6-12(7-9-13)15-10-14(16(19-15)17(20)21)11-4-2-1-3-5-11/h1-9,14-16,19H,10H2,(H,20,21). The van der Waals surface area contributed by atoms with Gasteiger partial charge in [0.25, 0.3) is 0 Å². The Morgan fingerprint density at radius 3 is 2.33 bits per heavy atom. The fourth-order valence-corrected chi connectivity index (χ4v) is 3.12. The minimum atomic E-state index is -0.805. The van der Waals surface area contributed by atoms with E-state index in [-0.39, 0.29) is 12.0 Å². The molecule has 108 valence electrons. The van der Waals surface area contributed by atoms with E-state index in [0.29, 0.717) is 5.02 Å². The molecule has 1 heterocycles. The molecule has 0 radical (unpaired) electrons. The van der Waals surface area contributed by atoms with Gasteiger partial charge < -0.3 is 5.11 Å². The van der Waals surface area contributed by atoms with Crippen LogP contribution in [0.3, 0.4) is 0 Å². The molecule has 1 saturated heterocycles. The zero-order valence-corrected chi connectivity index (χ0v) is 12.1. The molecule has 1 fully saturated rings. The van der Waals surface area contributed by atoms with E-state index in [1.54, 1.807) is 0 Å². The Morgan fingerprint density at radius 2 is 1.71 bits per heavy atom. The predicted octanol–water partition coefficient (Wildman–Crippen LogP) is 3.61. The summed E-state index contributed by atoms with van der Waals surface area (Å²) in [5.41, 5.74) is 2.14. The van der Waals surface area contributed by atoms with Gasteiger partial charge in [0.2, 0.25) is 0 Å². The second-order valence-electron chi connectivity index (χ2n) is 5.34. The third kappa shape index (κ3) is 2.94. The van der Waals surface area contributed by atoms with Gasteiger partial charge in [0.1, 0.15) is 6.04 Å². The molecule has 0 spiro atoms. The zero-order valence-electron chi connectivity index (χ0n) is 11.4. The van der Waals surface area contributed by atoms with Crippen LogP contribution in [0, 0.1) is 0 Å². The van der Waals surface area contributed by atoms with E-state index in [1.807, 2.05) is 54.6 Å².